The molecule has 0 aliphatic heterocycles. The molecule has 0 aliphatic rings. The Hall–Kier alpha value is -2.08. The van der Waals surface area contributed by atoms with Gasteiger partial charge in [-0.2, -0.15) is 5.10 Å². The molecule has 0 spiro atoms. The van der Waals surface area contributed by atoms with E-state index < -0.39 is 10.0 Å². The summed E-state index contributed by atoms with van der Waals surface area (Å²) in [5, 5.41) is 15.6. The van der Waals surface area contributed by atoms with E-state index in [1.807, 2.05) is 30.3 Å². The fraction of sp³-hybridized carbons (Fsp3) is 0.421. The van der Waals surface area contributed by atoms with E-state index in [0.717, 1.165) is 30.0 Å². The molecule has 0 radical (unpaired) electrons. The SMILES string of the molecule is CCCCCCCCS(=O)(=O)N/N=C/c1c(O)ccc2ccccc12. The van der Waals surface area contributed by atoms with Crippen molar-refractivity contribution in [1.29, 1.82) is 0 Å². The van der Waals surface area contributed by atoms with E-state index in [9.17, 15) is 13.5 Å². The molecular formula is C19H26N2O3S. The van der Waals surface area contributed by atoms with Gasteiger partial charge < -0.3 is 5.11 Å². The standard InChI is InChI=1S/C19H26N2O3S/c1-2-3-4-5-6-9-14-25(23,24)21-20-15-18-17-11-8-7-10-16(17)12-13-19(18)22/h7-8,10-13,15,21-22H,2-6,9,14H2,1H3/b20-15+. The maximum absolute atomic E-state index is 12.0. The third-order valence-electron chi connectivity index (χ3n) is 4.10. The van der Waals surface area contributed by atoms with E-state index in [-0.39, 0.29) is 11.5 Å². The summed E-state index contributed by atoms with van der Waals surface area (Å²) in [5.74, 6) is 0.135. The molecule has 0 saturated carbocycles. The lowest BCUT2D eigenvalue weighted by molar-refractivity contribution is 0.475. The number of nitrogens with one attached hydrogen (secondary N) is 1. The average molecular weight is 362 g/mol. The summed E-state index contributed by atoms with van der Waals surface area (Å²) in [6, 6.07) is 10.9. The second-order valence-corrected chi connectivity index (χ2v) is 7.98. The van der Waals surface area contributed by atoms with Crippen molar-refractivity contribution in [3.63, 3.8) is 0 Å². The summed E-state index contributed by atoms with van der Waals surface area (Å²) in [7, 11) is -3.44. The fourth-order valence-electron chi connectivity index (χ4n) is 2.71. The van der Waals surface area contributed by atoms with Gasteiger partial charge in [0, 0.05) is 5.56 Å². The van der Waals surface area contributed by atoms with Gasteiger partial charge in [0.05, 0.1) is 12.0 Å². The van der Waals surface area contributed by atoms with Crippen molar-refractivity contribution in [2.45, 2.75) is 45.4 Å². The van der Waals surface area contributed by atoms with Crippen molar-refractivity contribution < 1.29 is 13.5 Å². The molecule has 0 heterocycles. The number of nitrogens with zero attached hydrogens (tertiary/aromatic N) is 1. The summed E-state index contributed by atoms with van der Waals surface area (Å²) in [6.45, 7) is 2.15. The highest BCUT2D eigenvalue weighted by Crippen LogP contribution is 2.25. The number of fused-ring (bicyclic) bond motifs is 1. The van der Waals surface area contributed by atoms with Gasteiger partial charge in [-0.05, 0) is 23.3 Å². The van der Waals surface area contributed by atoms with Crippen LogP contribution in [0, 0.1) is 0 Å². The van der Waals surface area contributed by atoms with Gasteiger partial charge in [-0.1, -0.05) is 69.4 Å². The Morgan fingerprint density at radius 2 is 1.76 bits per heavy atom. The molecule has 0 atom stereocenters. The van der Waals surface area contributed by atoms with E-state index in [0.29, 0.717) is 12.0 Å². The smallest absolute Gasteiger partial charge is 0.247 e. The summed E-state index contributed by atoms with van der Waals surface area (Å²) >= 11 is 0. The lowest BCUT2D eigenvalue weighted by Crippen LogP contribution is -2.21. The topological polar surface area (TPSA) is 78.8 Å². The van der Waals surface area contributed by atoms with Crippen LogP contribution in [0.2, 0.25) is 0 Å². The zero-order valence-corrected chi connectivity index (χ0v) is 15.4. The Kier molecular flexibility index (Phi) is 7.25. The number of hydrogen-bond donors (Lipinski definition) is 2. The van der Waals surface area contributed by atoms with Crippen LogP contribution in [-0.2, 0) is 10.0 Å². The van der Waals surface area contributed by atoms with Crippen LogP contribution in [0.3, 0.4) is 0 Å². The van der Waals surface area contributed by atoms with Crippen molar-refractivity contribution in [2.24, 2.45) is 5.10 Å². The number of phenols is 1. The number of hydrazone groups is 1. The molecule has 0 unspecified atom stereocenters. The molecule has 6 heteroatoms. The van der Waals surface area contributed by atoms with Crippen molar-refractivity contribution in [2.75, 3.05) is 5.75 Å². The van der Waals surface area contributed by atoms with E-state index in [1.54, 1.807) is 6.07 Å². The zero-order valence-electron chi connectivity index (χ0n) is 14.6. The number of hydrogen-bond acceptors (Lipinski definition) is 4. The maximum Gasteiger partial charge on any atom is 0.247 e. The molecule has 2 aromatic carbocycles. The molecule has 2 rings (SSSR count). The van der Waals surface area contributed by atoms with E-state index in [2.05, 4.69) is 16.9 Å². The van der Waals surface area contributed by atoms with Crippen LogP contribution in [0.15, 0.2) is 41.5 Å². The van der Waals surface area contributed by atoms with Crippen molar-refractivity contribution >= 4 is 27.0 Å². The average Bonchev–Trinajstić information content (AvgIpc) is 2.60. The third-order valence-corrected chi connectivity index (χ3v) is 5.31. The Balaban J connectivity index is 1.93. The molecule has 0 amide bonds. The number of benzene rings is 2. The number of rotatable bonds is 10. The van der Waals surface area contributed by atoms with Gasteiger partial charge in [0.1, 0.15) is 5.75 Å². The van der Waals surface area contributed by atoms with Gasteiger partial charge in [-0.3, -0.25) is 0 Å². The van der Waals surface area contributed by atoms with Crippen molar-refractivity contribution in [1.82, 2.24) is 4.83 Å². The fourth-order valence-corrected chi connectivity index (χ4v) is 3.60. The Bertz CT molecular complexity index is 817. The van der Waals surface area contributed by atoms with Gasteiger partial charge in [-0.25, -0.2) is 13.2 Å². The number of unbranched alkanes of at least 4 members (excludes halogenated alkanes) is 5. The molecule has 2 N–H and O–H groups in total. The van der Waals surface area contributed by atoms with Crippen molar-refractivity contribution in [3.05, 3.63) is 42.0 Å². The number of sulfonamides is 1. The minimum Gasteiger partial charge on any atom is -0.507 e. The summed E-state index contributed by atoms with van der Waals surface area (Å²) in [6.07, 6.45) is 7.50. The maximum atomic E-state index is 12.0. The summed E-state index contributed by atoms with van der Waals surface area (Å²) in [5.41, 5.74) is 0.500. The highest BCUT2D eigenvalue weighted by atomic mass is 32.2. The Morgan fingerprint density at radius 3 is 2.56 bits per heavy atom. The van der Waals surface area contributed by atoms with Gasteiger partial charge in [0.15, 0.2) is 0 Å². The van der Waals surface area contributed by atoms with Gasteiger partial charge >= 0.3 is 0 Å². The highest BCUT2D eigenvalue weighted by molar-refractivity contribution is 7.89. The van der Waals surface area contributed by atoms with Crippen molar-refractivity contribution in [3.8, 4) is 5.75 Å². The quantitative estimate of drug-likeness (QED) is 0.378. The van der Waals surface area contributed by atoms with Crippen LogP contribution in [-0.4, -0.2) is 25.5 Å². The van der Waals surface area contributed by atoms with Gasteiger partial charge in [0.25, 0.3) is 0 Å². The van der Waals surface area contributed by atoms with Crippen LogP contribution >= 0.6 is 0 Å². The second-order valence-electron chi connectivity index (χ2n) is 6.16. The van der Waals surface area contributed by atoms with Gasteiger partial charge in [0.2, 0.25) is 10.0 Å². The van der Waals surface area contributed by atoms with Crippen LogP contribution in [0.4, 0.5) is 0 Å². The summed E-state index contributed by atoms with van der Waals surface area (Å²) in [4.78, 5) is 2.23. The van der Waals surface area contributed by atoms with Gasteiger partial charge in [-0.15, -0.1) is 0 Å². The monoisotopic (exact) mass is 362 g/mol. The lowest BCUT2D eigenvalue weighted by Gasteiger charge is -2.06. The first-order chi connectivity index (χ1) is 12.0. The van der Waals surface area contributed by atoms with Crippen LogP contribution in [0.1, 0.15) is 51.0 Å². The molecule has 0 bridgehead atoms. The first-order valence-electron chi connectivity index (χ1n) is 8.77. The molecule has 0 saturated heterocycles. The minimum atomic E-state index is -3.44. The normalized spacial score (nSPS) is 12.0. The Morgan fingerprint density at radius 1 is 1.04 bits per heavy atom. The predicted octanol–water partition coefficient (Wildman–Crippen LogP) is 4.16. The first-order valence-corrected chi connectivity index (χ1v) is 10.4. The summed E-state index contributed by atoms with van der Waals surface area (Å²) < 4.78 is 23.9. The predicted molar refractivity (Wildman–Crippen MR) is 104 cm³/mol. The zero-order chi connectivity index (χ0) is 18.1. The molecule has 0 aromatic heterocycles. The number of phenolic OH excluding ortho intramolecular Hbond substituents is 1. The highest BCUT2D eigenvalue weighted by Gasteiger charge is 2.09. The van der Waals surface area contributed by atoms with Crippen LogP contribution in [0.25, 0.3) is 10.8 Å². The molecular weight excluding hydrogens is 336 g/mol. The molecule has 2 aromatic rings. The molecule has 25 heavy (non-hydrogen) atoms. The molecule has 5 nitrogen and oxygen atoms in total. The van der Waals surface area contributed by atoms with E-state index in [1.165, 1.54) is 19.1 Å². The first kappa shape index (κ1) is 19.2. The second kappa shape index (κ2) is 9.42. The van der Waals surface area contributed by atoms with E-state index in [4.69, 9.17) is 0 Å². The van der Waals surface area contributed by atoms with Crippen LogP contribution < -0.4 is 4.83 Å². The number of aromatic hydroxyl groups is 1. The molecule has 0 fully saturated rings. The molecule has 0 aliphatic carbocycles. The van der Waals surface area contributed by atoms with E-state index >= 15 is 0 Å². The van der Waals surface area contributed by atoms with Crippen LogP contribution in [0.5, 0.6) is 5.75 Å². The minimum absolute atomic E-state index is 0.0672. The third kappa shape index (κ3) is 6.05. The lowest BCUT2D eigenvalue weighted by atomic mass is 10.0. The largest absolute Gasteiger partial charge is 0.507 e. The molecule has 136 valence electrons. The Labute approximate surface area is 149 Å².